The predicted molar refractivity (Wildman–Crippen MR) is 160 cm³/mol. The number of cyclic esters (lactones) is 1. The van der Waals surface area contributed by atoms with Crippen molar-refractivity contribution in [2.75, 3.05) is 31.1 Å². The number of anilines is 1. The fourth-order valence-electron chi connectivity index (χ4n) is 6.88. The SMILES string of the molecule is Cc1ccc(C)c(N2CC=C[C@@]34O[C@H]5/C=C\CCC(=O)NC[C@H](C)OC(=O)[C@H]5[C@@H]3C(=O)N(CCCCCCO)[C@H]4C2=O)c1. The molecule has 0 radical (unpaired) electrons. The van der Waals surface area contributed by atoms with Gasteiger partial charge < -0.3 is 29.7 Å². The second kappa shape index (κ2) is 13.0. The van der Waals surface area contributed by atoms with Crippen LogP contribution in [0.1, 0.15) is 56.6 Å². The number of esters is 1. The van der Waals surface area contributed by atoms with E-state index in [0.29, 0.717) is 32.4 Å². The first-order valence-corrected chi connectivity index (χ1v) is 15.5. The maximum absolute atomic E-state index is 14.6. The van der Waals surface area contributed by atoms with Crippen LogP contribution in [0.15, 0.2) is 42.5 Å². The summed E-state index contributed by atoms with van der Waals surface area (Å²) in [5.41, 5.74) is 1.38. The summed E-state index contributed by atoms with van der Waals surface area (Å²) in [6, 6.07) is 4.99. The number of hydrogen-bond donors (Lipinski definition) is 2. The average Bonchev–Trinajstić information content (AvgIpc) is 3.35. The number of likely N-dealkylation sites (tertiary alicyclic amines) is 1. The number of carbonyl (C=O) groups excluding carboxylic acids is 4. The van der Waals surface area contributed by atoms with E-state index in [9.17, 15) is 24.3 Å². The Kier molecular flexibility index (Phi) is 9.36. The Hall–Kier alpha value is -3.50. The molecule has 43 heavy (non-hydrogen) atoms. The molecule has 0 saturated carbocycles. The fourth-order valence-corrected chi connectivity index (χ4v) is 6.88. The smallest absolute Gasteiger partial charge is 0.313 e. The topological polar surface area (TPSA) is 125 Å². The molecule has 2 fully saturated rings. The van der Waals surface area contributed by atoms with Crippen LogP contribution in [0.2, 0.25) is 0 Å². The Morgan fingerprint density at radius 2 is 1.84 bits per heavy atom. The molecule has 232 valence electrons. The number of nitrogens with one attached hydrogen (secondary N) is 1. The minimum absolute atomic E-state index is 0.110. The molecule has 4 heterocycles. The second-order valence-corrected chi connectivity index (χ2v) is 12.2. The number of rotatable bonds is 7. The van der Waals surface area contributed by atoms with E-state index in [-0.39, 0.29) is 37.3 Å². The maximum atomic E-state index is 14.6. The molecule has 0 aromatic heterocycles. The molecule has 4 aliphatic rings. The first kappa shape index (κ1) is 30.9. The van der Waals surface area contributed by atoms with Gasteiger partial charge in [-0.15, -0.1) is 0 Å². The minimum Gasteiger partial charge on any atom is -0.460 e. The van der Waals surface area contributed by atoms with Crippen LogP contribution in [0, 0.1) is 25.7 Å². The molecule has 1 aromatic carbocycles. The van der Waals surface area contributed by atoms with Crippen molar-refractivity contribution in [3.8, 4) is 0 Å². The molecule has 0 bridgehead atoms. The van der Waals surface area contributed by atoms with Gasteiger partial charge >= 0.3 is 5.97 Å². The number of aliphatic hydroxyl groups is 1. The summed E-state index contributed by atoms with van der Waals surface area (Å²) in [6.07, 6.45) is 9.51. The lowest BCUT2D eigenvalue weighted by atomic mass is 9.78. The number of benzene rings is 1. The number of hydrogen-bond acceptors (Lipinski definition) is 7. The highest BCUT2D eigenvalue weighted by Crippen LogP contribution is 2.53. The molecular formula is C33H43N3O7. The number of nitrogens with zero attached hydrogens (tertiary/aromatic N) is 2. The van der Waals surface area contributed by atoms with Crippen molar-refractivity contribution in [1.29, 1.82) is 0 Å². The van der Waals surface area contributed by atoms with Gasteiger partial charge in [0.1, 0.15) is 23.7 Å². The zero-order valence-electron chi connectivity index (χ0n) is 25.3. The number of allylic oxidation sites excluding steroid dienone is 1. The molecule has 2 saturated heterocycles. The number of aryl methyl sites for hydroxylation is 2. The quantitative estimate of drug-likeness (QED) is 0.283. The highest BCUT2D eigenvalue weighted by Gasteiger charge is 2.71. The standard InChI is InChI=1S/C33H43N3O7/c1-21-13-14-22(2)24(19-21)35-17-10-15-33-28(30(39)36(29(33)31(35)40)16-8-4-5-9-18-37)27-25(43-33)11-6-7-12-26(38)34-20-23(3)42-32(27)41/h6,10-11,13-15,19,23,25,27-29,37H,4-5,7-9,12,16-18,20H2,1-3H3,(H,34,38)/b11-6-/t23-,25-,27+,28+,29-,33+/m0/s1. The average molecular weight is 594 g/mol. The third-order valence-electron chi connectivity index (χ3n) is 9.00. The van der Waals surface area contributed by atoms with E-state index in [2.05, 4.69) is 5.32 Å². The van der Waals surface area contributed by atoms with E-state index < -0.39 is 41.7 Å². The zero-order valence-corrected chi connectivity index (χ0v) is 25.3. The van der Waals surface area contributed by atoms with Crippen molar-refractivity contribution in [2.45, 2.75) is 83.1 Å². The van der Waals surface area contributed by atoms with Gasteiger partial charge in [0.25, 0.3) is 5.91 Å². The Labute approximate surface area is 253 Å². The summed E-state index contributed by atoms with van der Waals surface area (Å²) >= 11 is 0. The van der Waals surface area contributed by atoms with E-state index in [4.69, 9.17) is 9.47 Å². The lowest BCUT2D eigenvalue weighted by molar-refractivity contribution is -0.158. The van der Waals surface area contributed by atoms with Gasteiger partial charge in [0.05, 0.1) is 18.6 Å². The van der Waals surface area contributed by atoms with Crippen molar-refractivity contribution < 1.29 is 33.8 Å². The van der Waals surface area contributed by atoms with E-state index in [1.807, 2.05) is 44.2 Å². The first-order chi connectivity index (χ1) is 20.7. The van der Waals surface area contributed by atoms with Crippen LogP contribution < -0.4 is 10.2 Å². The summed E-state index contributed by atoms with van der Waals surface area (Å²) in [5.74, 6) is -3.15. The van der Waals surface area contributed by atoms with Gasteiger partial charge in [-0.25, -0.2) is 0 Å². The van der Waals surface area contributed by atoms with Crippen LogP contribution in [0.5, 0.6) is 0 Å². The van der Waals surface area contributed by atoms with Crippen molar-refractivity contribution >= 4 is 29.4 Å². The molecule has 10 heteroatoms. The molecule has 0 aliphatic carbocycles. The van der Waals surface area contributed by atoms with Gasteiger partial charge in [-0.1, -0.05) is 49.3 Å². The van der Waals surface area contributed by atoms with Crippen LogP contribution in [0.4, 0.5) is 5.69 Å². The predicted octanol–water partition coefficient (Wildman–Crippen LogP) is 2.74. The van der Waals surface area contributed by atoms with Gasteiger partial charge in [-0.3, -0.25) is 19.2 Å². The molecule has 3 amide bonds. The Balaban J connectivity index is 1.56. The highest BCUT2D eigenvalue weighted by atomic mass is 16.6. The van der Waals surface area contributed by atoms with Crippen LogP contribution >= 0.6 is 0 Å². The van der Waals surface area contributed by atoms with Crippen LogP contribution in [0.25, 0.3) is 0 Å². The zero-order chi connectivity index (χ0) is 30.7. The van der Waals surface area contributed by atoms with E-state index >= 15 is 0 Å². The van der Waals surface area contributed by atoms with Crippen LogP contribution in [-0.2, 0) is 28.7 Å². The van der Waals surface area contributed by atoms with Crippen molar-refractivity contribution in [2.24, 2.45) is 11.8 Å². The molecule has 10 nitrogen and oxygen atoms in total. The van der Waals surface area contributed by atoms with Gasteiger partial charge in [0.15, 0.2) is 0 Å². The van der Waals surface area contributed by atoms with Gasteiger partial charge in [0.2, 0.25) is 11.8 Å². The molecule has 2 N–H and O–H groups in total. The van der Waals surface area contributed by atoms with Crippen LogP contribution in [-0.4, -0.2) is 83.8 Å². The Bertz CT molecular complexity index is 1310. The molecule has 1 spiro atoms. The first-order valence-electron chi connectivity index (χ1n) is 15.5. The number of carbonyl (C=O) groups is 4. The van der Waals surface area contributed by atoms with Gasteiger partial charge in [-0.05, 0) is 57.2 Å². The lowest BCUT2D eigenvalue weighted by Crippen LogP contribution is -2.55. The monoisotopic (exact) mass is 593 g/mol. The molecule has 5 rings (SSSR count). The summed E-state index contributed by atoms with van der Waals surface area (Å²) < 4.78 is 12.5. The van der Waals surface area contributed by atoms with Gasteiger partial charge in [-0.2, -0.15) is 0 Å². The van der Waals surface area contributed by atoms with E-state index in [1.165, 1.54) is 0 Å². The highest BCUT2D eigenvalue weighted by molar-refractivity contribution is 6.06. The summed E-state index contributed by atoms with van der Waals surface area (Å²) in [4.78, 5) is 58.3. The normalized spacial score (nSPS) is 31.8. The summed E-state index contributed by atoms with van der Waals surface area (Å²) in [6.45, 7) is 6.56. The second-order valence-electron chi connectivity index (χ2n) is 12.2. The number of aliphatic hydroxyl groups excluding tert-OH is 1. The van der Waals surface area contributed by atoms with E-state index in [0.717, 1.165) is 29.7 Å². The summed E-state index contributed by atoms with van der Waals surface area (Å²) in [7, 11) is 0. The van der Waals surface area contributed by atoms with E-state index in [1.54, 1.807) is 28.9 Å². The molecule has 1 aromatic rings. The third kappa shape index (κ3) is 5.99. The van der Waals surface area contributed by atoms with Crippen LogP contribution in [0.3, 0.4) is 0 Å². The van der Waals surface area contributed by atoms with Crippen molar-refractivity contribution in [3.63, 3.8) is 0 Å². The largest absolute Gasteiger partial charge is 0.460 e. The number of fused-ring (bicyclic) bond motifs is 2. The van der Waals surface area contributed by atoms with Gasteiger partial charge in [0, 0.05) is 31.8 Å². The molecule has 4 aliphatic heterocycles. The maximum Gasteiger partial charge on any atom is 0.313 e. The number of unbranched alkanes of at least 4 members (excludes halogenated alkanes) is 3. The third-order valence-corrected chi connectivity index (χ3v) is 9.00. The van der Waals surface area contributed by atoms with Crippen molar-refractivity contribution in [1.82, 2.24) is 10.2 Å². The lowest BCUT2D eigenvalue weighted by Gasteiger charge is -2.35. The summed E-state index contributed by atoms with van der Waals surface area (Å²) in [5, 5.41) is 12.0. The fraction of sp³-hybridized carbons (Fsp3) is 0.576. The Morgan fingerprint density at radius 3 is 2.63 bits per heavy atom. The van der Waals surface area contributed by atoms with Crippen molar-refractivity contribution in [3.05, 3.63) is 53.6 Å². The molecular weight excluding hydrogens is 550 g/mol. The molecule has 6 atom stereocenters. The number of ether oxygens (including phenoxy) is 2. The molecule has 0 unspecified atom stereocenters. The minimum atomic E-state index is -1.36. The number of amides is 3. The Morgan fingerprint density at radius 1 is 1.05 bits per heavy atom.